The van der Waals surface area contributed by atoms with E-state index in [1.54, 1.807) is 30.3 Å². The van der Waals surface area contributed by atoms with E-state index in [-0.39, 0.29) is 23.8 Å². The van der Waals surface area contributed by atoms with Gasteiger partial charge in [0.05, 0.1) is 6.33 Å². The van der Waals surface area contributed by atoms with Crippen LogP contribution in [-0.4, -0.2) is 15.5 Å². The Morgan fingerprint density at radius 2 is 2.20 bits per heavy atom. The summed E-state index contributed by atoms with van der Waals surface area (Å²) >= 11 is 0. The van der Waals surface area contributed by atoms with E-state index in [0.717, 1.165) is 0 Å². The predicted octanol–water partition coefficient (Wildman–Crippen LogP) is 0.847. The molecule has 0 unspecified atom stereocenters. The lowest BCUT2D eigenvalue weighted by Gasteiger charge is -2.07. The van der Waals surface area contributed by atoms with Gasteiger partial charge >= 0.3 is 0 Å². The summed E-state index contributed by atoms with van der Waals surface area (Å²) in [5.74, 6) is -0.339. The van der Waals surface area contributed by atoms with Gasteiger partial charge < -0.3 is 15.6 Å². The van der Waals surface area contributed by atoms with Gasteiger partial charge in [0, 0.05) is 11.4 Å². The number of nitrogen functional groups attached to an aromatic ring is 1. The summed E-state index contributed by atoms with van der Waals surface area (Å²) in [4.78, 5) is 15.6. The predicted molar refractivity (Wildman–Crippen MR) is 71.1 cm³/mol. The molecule has 2 rings (SSSR count). The van der Waals surface area contributed by atoms with Crippen LogP contribution in [0.5, 0.6) is 0 Å². The quantitative estimate of drug-likeness (QED) is 0.797. The van der Waals surface area contributed by atoms with Crippen LogP contribution in [0.4, 0.5) is 11.4 Å². The van der Waals surface area contributed by atoms with Crippen molar-refractivity contribution in [2.24, 2.45) is 0 Å². The molecule has 0 atom stereocenters. The first-order valence-corrected chi connectivity index (χ1v) is 5.64. The van der Waals surface area contributed by atoms with Crippen LogP contribution in [-0.2, 0) is 11.3 Å². The molecule has 0 aliphatic rings. The van der Waals surface area contributed by atoms with Crippen LogP contribution >= 0.6 is 0 Å². The van der Waals surface area contributed by atoms with Gasteiger partial charge in [0.25, 0.3) is 0 Å². The van der Waals surface area contributed by atoms with E-state index in [1.807, 2.05) is 6.07 Å². The van der Waals surface area contributed by atoms with Crippen LogP contribution in [0.15, 0.2) is 30.6 Å². The fourth-order valence-corrected chi connectivity index (χ4v) is 1.67. The molecule has 0 saturated carbocycles. The molecule has 1 aromatic heterocycles. The van der Waals surface area contributed by atoms with E-state index in [2.05, 4.69) is 10.3 Å². The van der Waals surface area contributed by atoms with Crippen molar-refractivity contribution in [1.29, 1.82) is 10.5 Å². The number of rotatable bonds is 3. The second kappa shape index (κ2) is 5.55. The average molecular weight is 266 g/mol. The number of anilines is 2. The number of nitriles is 2. The molecule has 1 aromatic carbocycles. The Kier molecular flexibility index (Phi) is 3.64. The van der Waals surface area contributed by atoms with Gasteiger partial charge in [0.15, 0.2) is 11.4 Å². The summed E-state index contributed by atoms with van der Waals surface area (Å²) in [6, 6.07) is 10.4. The molecule has 0 fully saturated rings. The minimum Gasteiger partial charge on any atom is -0.399 e. The minimum absolute atomic E-state index is 0.00394. The number of nitrogens with one attached hydrogen (secondary N) is 1. The summed E-state index contributed by atoms with van der Waals surface area (Å²) < 4.78 is 1.32. The van der Waals surface area contributed by atoms with Crippen LogP contribution < -0.4 is 11.1 Å². The fraction of sp³-hybridized carbons (Fsp3) is 0.0769. The van der Waals surface area contributed by atoms with Gasteiger partial charge in [-0.3, -0.25) is 4.79 Å². The van der Waals surface area contributed by atoms with Crippen molar-refractivity contribution in [3.63, 3.8) is 0 Å². The van der Waals surface area contributed by atoms with E-state index in [4.69, 9.17) is 16.3 Å². The highest BCUT2D eigenvalue weighted by atomic mass is 16.1. The molecule has 0 saturated heterocycles. The van der Waals surface area contributed by atoms with Gasteiger partial charge in [-0.2, -0.15) is 10.5 Å². The van der Waals surface area contributed by atoms with Crippen molar-refractivity contribution in [1.82, 2.24) is 9.55 Å². The largest absolute Gasteiger partial charge is 0.399 e. The number of benzene rings is 1. The smallest absolute Gasteiger partial charge is 0.244 e. The highest BCUT2D eigenvalue weighted by Gasteiger charge is 2.12. The standard InChI is InChI=1S/C13H10N6O/c14-5-11-12(6-15)19(8-17-11)7-13(20)18-10-3-1-2-9(16)4-10/h1-4,8H,7,16H2,(H,18,20). The molecule has 0 radical (unpaired) electrons. The molecule has 98 valence electrons. The Bertz CT molecular complexity index is 734. The molecule has 7 heteroatoms. The van der Waals surface area contributed by atoms with Crippen molar-refractivity contribution in [2.75, 3.05) is 11.1 Å². The fourth-order valence-electron chi connectivity index (χ4n) is 1.67. The van der Waals surface area contributed by atoms with Crippen molar-refractivity contribution in [3.8, 4) is 12.1 Å². The highest BCUT2D eigenvalue weighted by Crippen LogP contribution is 2.12. The number of imidazole rings is 1. The minimum atomic E-state index is -0.339. The third kappa shape index (κ3) is 2.74. The molecular formula is C13H10N6O. The molecule has 2 aromatic rings. The number of carbonyl (C=O) groups excluding carboxylic acids is 1. The molecule has 7 nitrogen and oxygen atoms in total. The second-order valence-electron chi connectivity index (χ2n) is 3.97. The monoisotopic (exact) mass is 266 g/mol. The highest BCUT2D eigenvalue weighted by molar-refractivity contribution is 5.91. The van der Waals surface area contributed by atoms with Gasteiger partial charge in [-0.25, -0.2) is 4.98 Å². The second-order valence-corrected chi connectivity index (χ2v) is 3.97. The number of hydrogen-bond donors (Lipinski definition) is 2. The Hall–Kier alpha value is -3.32. The van der Waals surface area contributed by atoms with Crippen LogP contribution in [0.3, 0.4) is 0 Å². The maximum Gasteiger partial charge on any atom is 0.244 e. The molecule has 20 heavy (non-hydrogen) atoms. The van der Waals surface area contributed by atoms with E-state index in [9.17, 15) is 4.79 Å². The summed E-state index contributed by atoms with van der Waals surface area (Å²) in [7, 11) is 0. The first-order valence-electron chi connectivity index (χ1n) is 5.64. The lowest BCUT2D eigenvalue weighted by Crippen LogP contribution is -2.19. The van der Waals surface area contributed by atoms with Gasteiger partial charge in [0.2, 0.25) is 5.91 Å². The topological polar surface area (TPSA) is 121 Å². The summed E-state index contributed by atoms with van der Waals surface area (Å²) in [5, 5.41) is 20.4. The Morgan fingerprint density at radius 1 is 1.40 bits per heavy atom. The number of amides is 1. The van der Waals surface area contributed by atoms with Crippen LogP contribution in [0.1, 0.15) is 11.4 Å². The van der Waals surface area contributed by atoms with Crippen molar-refractivity contribution >= 4 is 17.3 Å². The zero-order valence-electron chi connectivity index (χ0n) is 10.4. The van der Waals surface area contributed by atoms with Crippen LogP contribution in [0.2, 0.25) is 0 Å². The number of hydrogen-bond acceptors (Lipinski definition) is 5. The maximum absolute atomic E-state index is 11.9. The van der Waals surface area contributed by atoms with Crippen molar-refractivity contribution in [3.05, 3.63) is 42.0 Å². The molecule has 0 aliphatic heterocycles. The lowest BCUT2D eigenvalue weighted by molar-refractivity contribution is -0.116. The van der Waals surface area contributed by atoms with Crippen molar-refractivity contribution < 1.29 is 4.79 Å². The van der Waals surface area contributed by atoms with E-state index in [0.29, 0.717) is 11.4 Å². The SMILES string of the molecule is N#Cc1ncn(CC(=O)Nc2cccc(N)c2)c1C#N. The molecular weight excluding hydrogens is 256 g/mol. The van der Waals surface area contributed by atoms with E-state index < -0.39 is 0 Å². The summed E-state index contributed by atoms with van der Waals surface area (Å²) in [5.41, 5.74) is 6.78. The molecule has 0 bridgehead atoms. The first kappa shape index (κ1) is 13.1. The summed E-state index contributed by atoms with van der Waals surface area (Å²) in [6.07, 6.45) is 1.29. The van der Waals surface area contributed by atoms with Crippen LogP contribution in [0.25, 0.3) is 0 Å². The number of carbonyl (C=O) groups is 1. The average Bonchev–Trinajstić information content (AvgIpc) is 2.80. The van der Waals surface area contributed by atoms with Crippen LogP contribution in [0, 0.1) is 22.7 Å². The van der Waals surface area contributed by atoms with E-state index >= 15 is 0 Å². The van der Waals surface area contributed by atoms with E-state index in [1.165, 1.54) is 10.9 Å². The molecule has 0 spiro atoms. The Morgan fingerprint density at radius 3 is 2.85 bits per heavy atom. The maximum atomic E-state index is 11.9. The number of nitrogens with two attached hydrogens (primary N) is 1. The van der Waals surface area contributed by atoms with Crippen molar-refractivity contribution in [2.45, 2.75) is 6.54 Å². The first-order chi connectivity index (χ1) is 9.63. The zero-order valence-corrected chi connectivity index (χ0v) is 10.4. The number of nitrogens with zero attached hydrogens (tertiary/aromatic N) is 4. The third-order valence-electron chi connectivity index (χ3n) is 2.53. The molecule has 1 heterocycles. The summed E-state index contributed by atoms with van der Waals surface area (Å²) in [6.45, 7) is -0.105. The zero-order chi connectivity index (χ0) is 14.5. The lowest BCUT2D eigenvalue weighted by atomic mass is 10.3. The normalized spacial score (nSPS) is 9.50. The molecule has 0 aliphatic carbocycles. The van der Waals surface area contributed by atoms with Gasteiger partial charge in [-0.05, 0) is 18.2 Å². The Balaban J connectivity index is 2.11. The Labute approximate surface area is 114 Å². The molecule has 3 N–H and O–H groups in total. The third-order valence-corrected chi connectivity index (χ3v) is 2.53. The van der Waals surface area contributed by atoms with Gasteiger partial charge in [-0.1, -0.05) is 6.07 Å². The number of aromatic nitrogens is 2. The molecule has 1 amide bonds. The van der Waals surface area contributed by atoms with Gasteiger partial charge in [-0.15, -0.1) is 0 Å². The van der Waals surface area contributed by atoms with Gasteiger partial charge in [0.1, 0.15) is 18.7 Å².